The largest absolute Gasteiger partial charge is 0.354 e. The average Bonchev–Trinajstić information content (AvgIpc) is 2.77. The molecule has 29 heavy (non-hydrogen) atoms. The Kier molecular flexibility index (Phi) is 5.42. The predicted molar refractivity (Wildman–Crippen MR) is 116 cm³/mol. The minimum absolute atomic E-state index is 0.0170. The van der Waals surface area contributed by atoms with Gasteiger partial charge >= 0.3 is 0 Å². The zero-order valence-corrected chi connectivity index (χ0v) is 16.8. The molecule has 1 aliphatic rings. The Morgan fingerprint density at radius 3 is 2.41 bits per heavy atom. The summed E-state index contributed by atoms with van der Waals surface area (Å²) >= 11 is 0. The fourth-order valence-corrected chi connectivity index (χ4v) is 3.64. The molecule has 6 heteroatoms. The monoisotopic (exact) mass is 387 g/mol. The molecule has 0 radical (unpaired) electrons. The number of carbonyl (C=O) groups is 1. The van der Waals surface area contributed by atoms with E-state index in [1.807, 2.05) is 35.2 Å². The van der Waals surface area contributed by atoms with Crippen molar-refractivity contribution in [1.29, 1.82) is 0 Å². The molecule has 1 saturated heterocycles. The second kappa shape index (κ2) is 8.31. The van der Waals surface area contributed by atoms with Crippen LogP contribution >= 0.6 is 0 Å². The number of aryl methyl sites for hydroxylation is 2. The molecular weight excluding hydrogens is 362 g/mol. The van der Waals surface area contributed by atoms with Crippen LogP contribution in [-0.2, 0) is 0 Å². The number of para-hydroxylation sites is 1. The van der Waals surface area contributed by atoms with Gasteiger partial charge in [0.2, 0.25) is 0 Å². The maximum atomic E-state index is 13.0. The van der Waals surface area contributed by atoms with Crippen molar-refractivity contribution in [2.75, 3.05) is 36.4 Å². The van der Waals surface area contributed by atoms with E-state index in [9.17, 15) is 4.79 Å². The van der Waals surface area contributed by atoms with Crippen LogP contribution in [-0.4, -0.2) is 47.0 Å². The third-order valence-corrected chi connectivity index (χ3v) is 5.28. The summed E-state index contributed by atoms with van der Waals surface area (Å²) in [4.78, 5) is 25.8. The molecular formula is C23H25N5O. The number of carbonyl (C=O) groups excluding carboxylic acids is 1. The lowest BCUT2D eigenvalue weighted by molar-refractivity contribution is 0.0746. The molecule has 1 fully saturated rings. The van der Waals surface area contributed by atoms with Crippen LogP contribution in [0.4, 0.5) is 17.2 Å². The smallest absolute Gasteiger partial charge is 0.255 e. The van der Waals surface area contributed by atoms with Gasteiger partial charge in [-0.05, 0) is 43.2 Å². The Balaban J connectivity index is 1.44. The summed E-state index contributed by atoms with van der Waals surface area (Å²) < 4.78 is 0. The topological polar surface area (TPSA) is 61.4 Å². The van der Waals surface area contributed by atoms with Gasteiger partial charge in [0.25, 0.3) is 5.91 Å². The van der Waals surface area contributed by atoms with E-state index >= 15 is 0 Å². The molecule has 0 spiro atoms. The van der Waals surface area contributed by atoms with E-state index in [1.165, 1.54) is 0 Å². The first kappa shape index (κ1) is 18.9. The van der Waals surface area contributed by atoms with Crippen LogP contribution in [0.2, 0.25) is 0 Å². The van der Waals surface area contributed by atoms with Crippen molar-refractivity contribution in [3.8, 4) is 0 Å². The molecule has 4 rings (SSSR count). The SMILES string of the molecule is Cc1cccc(C)c1Nc1cncc(C(=O)N2CCN(c3ccccn3)CC2)c1. The summed E-state index contributed by atoms with van der Waals surface area (Å²) in [5, 5.41) is 3.42. The molecule has 6 nitrogen and oxygen atoms in total. The standard InChI is InChI=1S/C23H25N5O/c1-17-6-5-7-18(2)22(17)26-20-14-19(15-24-16-20)23(29)28-12-10-27(11-13-28)21-8-3-4-9-25-21/h3-9,14-16,26H,10-13H2,1-2H3. The second-order valence-electron chi connectivity index (χ2n) is 7.32. The van der Waals surface area contributed by atoms with Crippen molar-refractivity contribution >= 4 is 23.1 Å². The highest BCUT2D eigenvalue weighted by atomic mass is 16.2. The molecule has 1 aliphatic heterocycles. The highest BCUT2D eigenvalue weighted by Crippen LogP contribution is 2.24. The zero-order valence-electron chi connectivity index (χ0n) is 16.8. The lowest BCUT2D eigenvalue weighted by atomic mass is 10.1. The summed E-state index contributed by atoms with van der Waals surface area (Å²) in [5.74, 6) is 0.976. The van der Waals surface area contributed by atoms with Gasteiger partial charge in [-0.1, -0.05) is 24.3 Å². The first-order valence-electron chi connectivity index (χ1n) is 9.85. The molecule has 1 aromatic carbocycles. The van der Waals surface area contributed by atoms with Gasteiger partial charge in [0.1, 0.15) is 5.82 Å². The number of benzene rings is 1. The van der Waals surface area contributed by atoms with E-state index in [2.05, 4.69) is 46.2 Å². The number of piperazine rings is 1. The molecule has 3 heterocycles. The Labute approximate surface area is 171 Å². The first-order chi connectivity index (χ1) is 14.1. The Bertz CT molecular complexity index is 977. The number of pyridine rings is 2. The van der Waals surface area contributed by atoms with Crippen molar-refractivity contribution < 1.29 is 4.79 Å². The Morgan fingerprint density at radius 1 is 0.966 bits per heavy atom. The molecule has 0 bridgehead atoms. The minimum atomic E-state index is 0.0170. The Hall–Kier alpha value is -3.41. The number of anilines is 3. The number of hydrogen-bond acceptors (Lipinski definition) is 5. The van der Waals surface area contributed by atoms with E-state index in [-0.39, 0.29) is 5.91 Å². The number of nitrogens with one attached hydrogen (secondary N) is 1. The van der Waals surface area contributed by atoms with E-state index in [1.54, 1.807) is 18.6 Å². The number of hydrogen-bond donors (Lipinski definition) is 1. The van der Waals surface area contributed by atoms with Crippen LogP contribution in [0.1, 0.15) is 21.5 Å². The van der Waals surface area contributed by atoms with Gasteiger partial charge in [-0.3, -0.25) is 9.78 Å². The summed E-state index contributed by atoms with van der Waals surface area (Å²) in [6.45, 7) is 7.03. The van der Waals surface area contributed by atoms with Crippen molar-refractivity contribution in [3.05, 3.63) is 77.7 Å². The van der Waals surface area contributed by atoms with Crippen molar-refractivity contribution in [2.45, 2.75) is 13.8 Å². The van der Waals surface area contributed by atoms with E-state index in [4.69, 9.17) is 0 Å². The van der Waals surface area contributed by atoms with Crippen LogP contribution in [0.25, 0.3) is 0 Å². The summed E-state index contributed by atoms with van der Waals surface area (Å²) in [5.41, 5.74) is 4.80. The molecule has 0 unspecified atom stereocenters. The quantitative estimate of drug-likeness (QED) is 0.738. The molecule has 0 atom stereocenters. The zero-order chi connectivity index (χ0) is 20.2. The number of nitrogens with zero attached hydrogens (tertiary/aromatic N) is 4. The minimum Gasteiger partial charge on any atom is -0.354 e. The predicted octanol–water partition coefficient (Wildman–Crippen LogP) is 3.80. The molecule has 1 amide bonds. The van der Waals surface area contributed by atoms with Gasteiger partial charge in [0.05, 0.1) is 17.4 Å². The number of amides is 1. The molecule has 1 N–H and O–H groups in total. The molecule has 0 aliphatic carbocycles. The maximum absolute atomic E-state index is 13.0. The van der Waals surface area contributed by atoms with Gasteiger partial charge in [-0.25, -0.2) is 4.98 Å². The normalized spacial score (nSPS) is 14.0. The Morgan fingerprint density at radius 2 is 1.72 bits per heavy atom. The van der Waals surface area contributed by atoms with Gasteiger partial charge in [0.15, 0.2) is 0 Å². The fraction of sp³-hybridized carbons (Fsp3) is 0.261. The van der Waals surface area contributed by atoms with Gasteiger partial charge in [-0.2, -0.15) is 0 Å². The summed E-state index contributed by atoms with van der Waals surface area (Å²) in [6.07, 6.45) is 5.19. The maximum Gasteiger partial charge on any atom is 0.255 e. The highest BCUT2D eigenvalue weighted by Gasteiger charge is 2.23. The van der Waals surface area contributed by atoms with E-state index in [0.717, 1.165) is 41.4 Å². The van der Waals surface area contributed by atoms with Crippen LogP contribution in [0, 0.1) is 13.8 Å². The highest BCUT2D eigenvalue weighted by molar-refractivity contribution is 5.95. The van der Waals surface area contributed by atoms with Gasteiger partial charge < -0.3 is 15.1 Å². The molecule has 2 aromatic heterocycles. The lowest BCUT2D eigenvalue weighted by Gasteiger charge is -2.35. The van der Waals surface area contributed by atoms with Crippen molar-refractivity contribution in [3.63, 3.8) is 0 Å². The summed E-state index contributed by atoms with van der Waals surface area (Å²) in [7, 11) is 0. The van der Waals surface area contributed by atoms with Crippen molar-refractivity contribution in [2.24, 2.45) is 0 Å². The summed E-state index contributed by atoms with van der Waals surface area (Å²) in [6, 6.07) is 14.0. The number of rotatable bonds is 4. The van der Waals surface area contributed by atoms with Gasteiger partial charge in [0, 0.05) is 44.3 Å². The van der Waals surface area contributed by atoms with Crippen molar-refractivity contribution in [1.82, 2.24) is 14.9 Å². The third-order valence-electron chi connectivity index (χ3n) is 5.28. The van der Waals surface area contributed by atoms with Crippen LogP contribution < -0.4 is 10.2 Å². The van der Waals surface area contributed by atoms with E-state index < -0.39 is 0 Å². The van der Waals surface area contributed by atoms with Crippen LogP contribution in [0.15, 0.2) is 61.1 Å². The first-order valence-corrected chi connectivity index (χ1v) is 9.85. The van der Waals surface area contributed by atoms with Gasteiger partial charge in [-0.15, -0.1) is 0 Å². The molecule has 0 saturated carbocycles. The van der Waals surface area contributed by atoms with E-state index in [0.29, 0.717) is 18.7 Å². The average molecular weight is 387 g/mol. The van der Waals surface area contributed by atoms with Crippen LogP contribution in [0.5, 0.6) is 0 Å². The van der Waals surface area contributed by atoms with Crippen LogP contribution in [0.3, 0.4) is 0 Å². The lowest BCUT2D eigenvalue weighted by Crippen LogP contribution is -2.49. The second-order valence-corrected chi connectivity index (χ2v) is 7.32. The fourth-order valence-electron chi connectivity index (χ4n) is 3.64. The number of aromatic nitrogens is 2. The molecule has 3 aromatic rings. The molecule has 148 valence electrons. The third kappa shape index (κ3) is 4.21.